The second-order valence-corrected chi connectivity index (χ2v) is 9.62. The number of piperidine rings is 1. The Hall–Kier alpha value is -2.46. The second kappa shape index (κ2) is 9.35. The number of aliphatic hydroxyl groups is 1. The van der Waals surface area contributed by atoms with Gasteiger partial charge in [0.2, 0.25) is 0 Å². The van der Waals surface area contributed by atoms with Gasteiger partial charge in [0.05, 0.1) is 0 Å². The van der Waals surface area contributed by atoms with E-state index in [0.717, 1.165) is 49.3 Å². The topological polar surface area (TPSA) is 23.5 Å². The molecule has 0 aliphatic carbocycles. The first kappa shape index (κ1) is 20.4. The molecule has 0 amide bonds. The molecule has 2 heterocycles. The third kappa shape index (κ3) is 4.45. The van der Waals surface area contributed by atoms with E-state index in [0.29, 0.717) is 5.92 Å². The maximum atomic E-state index is 11.3. The van der Waals surface area contributed by atoms with Crippen LogP contribution in [0.1, 0.15) is 46.4 Å². The first-order chi connectivity index (χ1) is 15.3. The van der Waals surface area contributed by atoms with Crippen LogP contribution in [0.5, 0.6) is 0 Å². The maximum Gasteiger partial charge on any atom is 0.114 e. The van der Waals surface area contributed by atoms with E-state index < -0.39 is 6.10 Å². The number of hydrogen-bond acceptors (Lipinski definition) is 3. The van der Waals surface area contributed by atoms with Gasteiger partial charge >= 0.3 is 0 Å². The SMILES string of the molecule is OC(c1ccccc1)c1sc2ccccc2c1C1CCN(CCc2ccccc2)CC1. The van der Waals surface area contributed by atoms with E-state index in [9.17, 15) is 5.11 Å². The summed E-state index contributed by atoms with van der Waals surface area (Å²) >= 11 is 1.77. The van der Waals surface area contributed by atoms with Crippen molar-refractivity contribution in [1.29, 1.82) is 0 Å². The maximum absolute atomic E-state index is 11.3. The molecule has 1 fully saturated rings. The van der Waals surface area contributed by atoms with Crippen LogP contribution in [-0.4, -0.2) is 29.6 Å². The number of aliphatic hydroxyl groups excluding tert-OH is 1. The van der Waals surface area contributed by atoms with Crippen molar-refractivity contribution in [3.63, 3.8) is 0 Å². The van der Waals surface area contributed by atoms with E-state index in [1.807, 2.05) is 30.3 Å². The fourth-order valence-corrected chi connectivity index (χ4v) is 6.18. The molecule has 0 radical (unpaired) electrons. The van der Waals surface area contributed by atoms with Crippen LogP contribution >= 0.6 is 11.3 Å². The van der Waals surface area contributed by atoms with Crippen LogP contribution in [0.25, 0.3) is 10.1 Å². The Morgan fingerprint density at radius 2 is 1.48 bits per heavy atom. The molecule has 158 valence electrons. The van der Waals surface area contributed by atoms with Gasteiger partial charge in [-0.1, -0.05) is 78.9 Å². The summed E-state index contributed by atoms with van der Waals surface area (Å²) < 4.78 is 1.29. The molecular formula is C28H29NOS. The number of fused-ring (bicyclic) bond motifs is 1. The van der Waals surface area contributed by atoms with Crippen molar-refractivity contribution >= 4 is 21.4 Å². The van der Waals surface area contributed by atoms with Crippen molar-refractivity contribution in [1.82, 2.24) is 4.90 Å². The lowest BCUT2D eigenvalue weighted by Gasteiger charge is -2.33. The number of thiophene rings is 1. The van der Waals surface area contributed by atoms with Crippen molar-refractivity contribution in [2.24, 2.45) is 0 Å². The van der Waals surface area contributed by atoms with E-state index in [1.165, 1.54) is 21.2 Å². The highest BCUT2D eigenvalue weighted by molar-refractivity contribution is 7.19. The quantitative estimate of drug-likeness (QED) is 0.385. The lowest BCUT2D eigenvalue weighted by Crippen LogP contribution is -2.34. The fourth-order valence-electron chi connectivity index (χ4n) is 4.87. The lowest BCUT2D eigenvalue weighted by molar-refractivity contribution is 0.207. The molecule has 0 saturated carbocycles. The Labute approximate surface area is 188 Å². The molecule has 1 saturated heterocycles. The Morgan fingerprint density at radius 3 is 2.23 bits per heavy atom. The third-order valence-electron chi connectivity index (χ3n) is 6.58. The van der Waals surface area contributed by atoms with Gasteiger partial charge in [-0.15, -0.1) is 11.3 Å². The normalized spacial score (nSPS) is 16.5. The van der Waals surface area contributed by atoms with Gasteiger partial charge in [0, 0.05) is 16.1 Å². The number of benzene rings is 3. The van der Waals surface area contributed by atoms with E-state index in [4.69, 9.17) is 0 Å². The monoisotopic (exact) mass is 427 g/mol. The van der Waals surface area contributed by atoms with Crippen molar-refractivity contribution in [3.05, 3.63) is 106 Å². The average molecular weight is 428 g/mol. The zero-order chi connectivity index (χ0) is 21.0. The number of rotatable bonds is 6. The van der Waals surface area contributed by atoms with E-state index >= 15 is 0 Å². The molecule has 1 aliphatic rings. The summed E-state index contributed by atoms with van der Waals surface area (Å²) in [4.78, 5) is 3.74. The van der Waals surface area contributed by atoms with Gasteiger partial charge in [0.1, 0.15) is 6.10 Å². The summed E-state index contributed by atoms with van der Waals surface area (Å²) in [6.45, 7) is 3.38. The van der Waals surface area contributed by atoms with Gasteiger partial charge in [0.15, 0.2) is 0 Å². The molecule has 0 bridgehead atoms. The average Bonchev–Trinajstić information content (AvgIpc) is 3.23. The molecule has 1 aromatic heterocycles. The highest BCUT2D eigenvalue weighted by Gasteiger charge is 2.28. The van der Waals surface area contributed by atoms with Crippen molar-refractivity contribution in [2.45, 2.75) is 31.3 Å². The molecule has 3 aromatic carbocycles. The molecule has 3 heteroatoms. The summed E-state index contributed by atoms with van der Waals surface area (Å²) in [5.74, 6) is 0.512. The summed E-state index contributed by atoms with van der Waals surface area (Å²) in [5, 5.41) is 12.6. The minimum absolute atomic E-state index is 0.512. The summed E-state index contributed by atoms with van der Waals surface area (Å²) in [5.41, 5.74) is 3.79. The Kier molecular flexibility index (Phi) is 6.17. The largest absolute Gasteiger partial charge is 0.383 e. The molecule has 1 N–H and O–H groups in total. The van der Waals surface area contributed by atoms with Crippen LogP contribution in [0.4, 0.5) is 0 Å². The summed E-state index contributed by atoms with van der Waals surface area (Å²) in [6, 6.07) is 29.6. The highest BCUT2D eigenvalue weighted by Crippen LogP contribution is 2.44. The lowest BCUT2D eigenvalue weighted by atomic mass is 9.86. The predicted octanol–water partition coefficient (Wildman–Crippen LogP) is 6.41. The van der Waals surface area contributed by atoms with Gasteiger partial charge in [-0.25, -0.2) is 0 Å². The zero-order valence-electron chi connectivity index (χ0n) is 17.8. The van der Waals surface area contributed by atoms with E-state index in [-0.39, 0.29) is 0 Å². The smallest absolute Gasteiger partial charge is 0.114 e. The third-order valence-corrected chi connectivity index (χ3v) is 7.82. The Bertz CT molecular complexity index is 1110. The molecule has 4 aromatic rings. The first-order valence-corrected chi connectivity index (χ1v) is 12.1. The second-order valence-electron chi connectivity index (χ2n) is 8.54. The summed E-state index contributed by atoms with van der Waals surface area (Å²) in [7, 11) is 0. The molecule has 1 unspecified atom stereocenters. The minimum Gasteiger partial charge on any atom is -0.383 e. The van der Waals surface area contributed by atoms with Crippen LogP contribution in [0.15, 0.2) is 84.9 Å². The van der Waals surface area contributed by atoms with Gasteiger partial charge in [-0.3, -0.25) is 0 Å². The van der Waals surface area contributed by atoms with Crippen LogP contribution < -0.4 is 0 Å². The van der Waals surface area contributed by atoms with Crippen molar-refractivity contribution < 1.29 is 5.11 Å². The minimum atomic E-state index is -0.551. The predicted molar refractivity (Wildman–Crippen MR) is 131 cm³/mol. The van der Waals surface area contributed by atoms with Gasteiger partial charge in [-0.2, -0.15) is 0 Å². The number of nitrogens with zero attached hydrogens (tertiary/aromatic N) is 1. The fraction of sp³-hybridized carbons (Fsp3) is 0.286. The molecule has 31 heavy (non-hydrogen) atoms. The Balaban J connectivity index is 1.35. The van der Waals surface area contributed by atoms with E-state index in [1.54, 1.807) is 11.3 Å². The highest BCUT2D eigenvalue weighted by atomic mass is 32.1. The van der Waals surface area contributed by atoms with E-state index in [2.05, 4.69) is 59.5 Å². The molecule has 0 spiro atoms. The van der Waals surface area contributed by atoms with Gasteiger partial charge in [0.25, 0.3) is 0 Å². The zero-order valence-corrected chi connectivity index (χ0v) is 18.6. The van der Waals surface area contributed by atoms with Crippen molar-refractivity contribution in [3.8, 4) is 0 Å². The molecule has 2 nitrogen and oxygen atoms in total. The van der Waals surface area contributed by atoms with Crippen LogP contribution in [0.2, 0.25) is 0 Å². The Morgan fingerprint density at radius 1 is 0.839 bits per heavy atom. The first-order valence-electron chi connectivity index (χ1n) is 11.3. The molecule has 1 aliphatic heterocycles. The molecular weight excluding hydrogens is 398 g/mol. The van der Waals surface area contributed by atoms with Gasteiger partial charge < -0.3 is 10.0 Å². The number of hydrogen-bond donors (Lipinski definition) is 1. The molecule has 1 atom stereocenters. The van der Waals surface area contributed by atoms with Gasteiger partial charge in [-0.05, 0) is 66.4 Å². The summed E-state index contributed by atoms with van der Waals surface area (Å²) in [6.07, 6.45) is 2.88. The number of likely N-dealkylation sites (tertiary alicyclic amines) is 1. The standard InChI is InChI=1S/C28H29NOS/c30-27(23-11-5-2-6-12-23)28-26(24-13-7-8-14-25(24)31-28)22-16-19-29(20-17-22)18-15-21-9-3-1-4-10-21/h1-14,22,27,30H,15-20H2. The van der Waals surface area contributed by atoms with Crippen LogP contribution in [-0.2, 0) is 6.42 Å². The molecule has 5 rings (SSSR count). The van der Waals surface area contributed by atoms with Crippen LogP contribution in [0, 0.1) is 0 Å². The van der Waals surface area contributed by atoms with Crippen molar-refractivity contribution in [2.75, 3.05) is 19.6 Å². The van der Waals surface area contributed by atoms with Crippen LogP contribution in [0.3, 0.4) is 0 Å².